The van der Waals surface area contributed by atoms with Gasteiger partial charge in [0.2, 0.25) is 10.0 Å². The van der Waals surface area contributed by atoms with E-state index in [9.17, 15) is 8.42 Å². The van der Waals surface area contributed by atoms with Crippen LogP contribution in [-0.2, 0) is 16.4 Å². The second kappa shape index (κ2) is 5.98. The van der Waals surface area contributed by atoms with Gasteiger partial charge in [-0.1, -0.05) is 28.1 Å². The third kappa shape index (κ3) is 4.77. The van der Waals surface area contributed by atoms with Crippen molar-refractivity contribution in [1.82, 2.24) is 4.72 Å². The molecule has 1 N–H and O–H groups in total. The van der Waals surface area contributed by atoms with Crippen molar-refractivity contribution in [3.8, 4) is 0 Å². The molecular weight excluding hydrogens is 302 g/mol. The summed E-state index contributed by atoms with van der Waals surface area (Å²) in [5.41, 5.74) is 1.12. The van der Waals surface area contributed by atoms with E-state index >= 15 is 0 Å². The minimum Gasteiger partial charge on any atom is -0.212 e. The van der Waals surface area contributed by atoms with Gasteiger partial charge in [0.25, 0.3) is 0 Å². The fourth-order valence-corrected chi connectivity index (χ4v) is 2.61. The summed E-state index contributed by atoms with van der Waals surface area (Å²) < 4.78 is 27.0. The van der Waals surface area contributed by atoms with Gasteiger partial charge in [0, 0.05) is 10.5 Å². The molecule has 0 fully saturated rings. The molecule has 0 heterocycles. The van der Waals surface area contributed by atoms with Crippen molar-refractivity contribution in [3.05, 3.63) is 34.3 Å². The number of nitrogens with one attached hydrogen (secondary N) is 1. The lowest BCUT2D eigenvalue weighted by Gasteiger charge is -2.16. The van der Waals surface area contributed by atoms with E-state index in [0.717, 1.165) is 10.0 Å². The van der Waals surface area contributed by atoms with Crippen molar-refractivity contribution in [3.63, 3.8) is 0 Å². The first-order chi connectivity index (χ1) is 7.81. The standard InChI is InChI=1S/C12H18BrNO2S/c1-9(2)17(15,16)14-10(3)8-11-4-6-12(13)7-5-11/h4-7,9-10,14H,8H2,1-3H3. The molecule has 0 aromatic heterocycles. The average molecular weight is 320 g/mol. The van der Waals surface area contributed by atoms with E-state index in [1.807, 2.05) is 31.2 Å². The third-order valence-electron chi connectivity index (χ3n) is 2.44. The molecule has 0 aliphatic heterocycles. The van der Waals surface area contributed by atoms with Crippen molar-refractivity contribution in [2.75, 3.05) is 0 Å². The molecule has 0 saturated carbocycles. The molecule has 3 nitrogen and oxygen atoms in total. The molecule has 5 heteroatoms. The summed E-state index contributed by atoms with van der Waals surface area (Å²) in [6.07, 6.45) is 0.694. The molecule has 1 atom stereocenters. The maximum absolute atomic E-state index is 11.7. The van der Waals surface area contributed by atoms with Crippen molar-refractivity contribution < 1.29 is 8.42 Å². The zero-order valence-electron chi connectivity index (χ0n) is 10.3. The van der Waals surface area contributed by atoms with Crippen LogP contribution in [0.25, 0.3) is 0 Å². The maximum atomic E-state index is 11.7. The van der Waals surface area contributed by atoms with E-state index in [0.29, 0.717) is 6.42 Å². The summed E-state index contributed by atoms with van der Waals surface area (Å²) in [7, 11) is -3.18. The summed E-state index contributed by atoms with van der Waals surface area (Å²) in [6.45, 7) is 5.23. The predicted octanol–water partition coefficient (Wildman–Crippen LogP) is 2.71. The van der Waals surface area contributed by atoms with E-state index < -0.39 is 15.3 Å². The number of rotatable bonds is 5. The van der Waals surface area contributed by atoms with E-state index in [4.69, 9.17) is 0 Å². The summed E-state index contributed by atoms with van der Waals surface area (Å²) >= 11 is 3.37. The molecule has 1 unspecified atom stereocenters. The average Bonchev–Trinajstić information content (AvgIpc) is 2.20. The fourth-order valence-electron chi connectivity index (χ4n) is 1.43. The molecule has 0 radical (unpaired) electrons. The normalized spacial score (nSPS) is 13.9. The van der Waals surface area contributed by atoms with Gasteiger partial charge in [-0.2, -0.15) is 0 Å². The SMILES string of the molecule is CC(Cc1ccc(Br)cc1)NS(=O)(=O)C(C)C. The molecule has 0 aliphatic carbocycles. The second-order valence-electron chi connectivity index (χ2n) is 4.44. The van der Waals surface area contributed by atoms with Crippen molar-refractivity contribution in [1.29, 1.82) is 0 Å². The maximum Gasteiger partial charge on any atom is 0.214 e. The summed E-state index contributed by atoms with van der Waals surface area (Å²) in [4.78, 5) is 0. The Hall–Kier alpha value is -0.390. The largest absolute Gasteiger partial charge is 0.214 e. The first kappa shape index (κ1) is 14.7. The Kier molecular flexibility index (Phi) is 5.16. The molecule has 0 bridgehead atoms. The zero-order chi connectivity index (χ0) is 13.1. The summed E-state index contributed by atoms with van der Waals surface area (Å²) in [6, 6.07) is 7.80. The van der Waals surface area contributed by atoms with Crippen LogP contribution in [0, 0.1) is 0 Å². The van der Waals surface area contributed by atoms with Gasteiger partial charge in [-0.15, -0.1) is 0 Å². The highest BCUT2D eigenvalue weighted by atomic mass is 79.9. The Balaban J connectivity index is 2.62. The van der Waals surface area contributed by atoms with E-state index in [2.05, 4.69) is 20.7 Å². The van der Waals surface area contributed by atoms with E-state index in [1.54, 1.807) is 13.8 Å². The Labute approximate surface area is 112 Å². The Morgan fingerprint density at radius 2 is 1.71 bits per heavy atom. The lowest BCUT2D eigenvalue weighted by molar-refractivity contribution is 0.551. The molecule has 0 aliphatic rings. The predicted molar refractivity (Wildman–Crippen MR) is 74.5 cm³/mol. The minimum atomic E-state index is -3.18. The van der Waals surface area contributed by atoms with Crippen molar-refractivity contribution in [2.45, 2.75) is 38.5 Å². The minimum absolute atomic E-state index is 0.0939. The lowest BCUT2D eigenvalue weighted by Crippen LogP contribution is -2.38. The molecule has 0 spiro atoms. The van der Waals surface area contributed by atoms with Crippen LogP contribution in [0.15, 0.2) is 28.7 Å². The highest BCUT2D eigenvalue weighted by molar-refractivity contribution is 9.10. The number of sulfonamides is 1. The van der Waals surface area contributed by atoms with Crippen LogP contribution in [-0.4, -0.2) is 19.7 Å². The first-order valence-corrected chi connectivity index (χ1v) is 7.91. The molecule has 1 aromatic rings. The van der Waals surface area contributed by atoms with Gasteiger partial charge in [0.15, 0.2) is 0 Å². The fraction of sp³-hybridized carbons (Fsp3) is 0.500. The smallest absolute Gasteiger partial charge is 0.212 e. The molecule has 1 aromatic carbocycles. The van der Waals surface area contributed by atoms with Gasteiger partial charge < -0.3 is 0 Å². The van der Waals surface area contributed by atoms with Gasteiger partial charge in [-0.05, 0) is 44.9 Å². The monoisotopic (exact) mass is 319 g/mol. The number of halogens is 1. The second-order valence-corrected chi connectivity index (χ2v) is 7.63. The molecule has 0 saturated heterocycles. The van der Waals surface area contributed by atoms with Crippen LogP contribution in [0.5, 0.6) is 0 Å². The Morgan fingerprint density at radius 3 is 2.18 bits per heavy atom. The zero-order valence-corrected chi connectivity index (χ0v) is 12.7. The van der Waals surface area contributed by atoms with Gasteiger partial charge in [0.05, 0.1) is 5.25 Å². The highest BCUT2D eigenvalue weighted by Crippen LogP contribution is 2.12. The first-order valence-electron chi connectivity index (χ1n) is 5.57. The van der Waals surface area contributed by atoms with E-state index in [-0.39, 0.29) is 6.04 Å². The van der Waals surface area contributed by atoms with Crippen LogP contribution in [0.2, 0.25) is 0 Å². The Bertz CT molecular complexity index is 454. The Morgan fingerprint density at radius 1 is 1.18 bits per heavy atom. The molecular formula is C12H18BrNO2S. The lowest BCUT2D eigenvalue weighted by atomic mass is 10.1. The van der Waals surface area contributed by atoms with Gasteiger partial charge in [-0.25, -0.2) is 13.1 Å². The summed E-state index contributed by atoms with van der Waals surface area (Å²) in [5.74, 6) is 0. The number of hydrogen-bond donors (Lipinski definition) is 1. The van der Waals surface area contributed by atoms with Gasteiger partial charge >= 0.3 is 0 Å². The number of benzene rings is 1. The third-order valence-corrected chi connectivity index (χ3v) is 4.94. The topological polar surface area (TPSA) is 46.2 Å². The quantitative estimate of drug-likeness (QED) is 0.907. The van der Waals surface area contributed by atoms with Crippen molar-refractivity contribution >= 4 is 26.0 Å². The highest BCUT2D eigenvalue weighted by Gasteiger charge is 2.18. The molecule has 1 rings (SSSR count). The molecule has 0 amide bonds. The van der Waals surface area contributed by atoms with Crippen LogP contribution in [0.1, 0.15) is 26.3 Å². The molecule has 96 valence electrons. The molecule has 17 heavy (non-hydrogen) atoms. The van der Waals surface area contributed by atoms with Gasteiger partial charge in [0.1, 0.15) is 0 Å². The van der Waals surface area contributed by atoms with E-state index in [1.165, 1.54) is 0 Å². The van der Waals surface area contributed by atoms with Crippen LogP contribution < -0.4 is 4.72 Å². The van der Waals surface area contributed by atoms with Gasteiger partial charge in [-0.3, -0.25) is 0 Å². The summed E-state index contributed by atoms with van der Waals surface area (Å²) in [5, 5.41) is -0.394. The van der Waals surface area contributed by atoms with Crippen molar-refractivity contribution in [2.24, 2.45) is 0 Å². The van der Waals surface area contributed by atoms with Crippen LogP contribution >= 0.6 is 15.9 Å². The number of hydrogen-bond acceptors (Lipinski definition) is 2. The van der Waals surface area contributed by atoms with Crippen LogP contribution in [0.4, 0.5) is 0 Å². The van der Waals surface area contributed by atoms with Crippen LogP contribution in [0.3, 0.4) is 0 Å².